The number of nitrogens with zero attached hydrogens (tertiary/aromatic N) is 2. The van der Waals surface area contributed by atoms with Gasteiger partial charge in [0.2, 0.25) is 5.91 Å². The van der Waals surface area contributed by atoms with Crippen LogP contribution in [0, 0.1) is 0 Å². The zero-order chi connectivity index (χ0) is 25.7. The molecule has 188 valence electrons. The van der Waals surface area contributed by atoms with Crippen molar-refractivity contribution in [3.63, 3.8) is 0 Å². The van der Waals surface area contributed by atoms with Gasteiger partial charge in [0.25, 0.3) is 11.8 Å². The van der Waals surface area contributed by atoms with Gasteiger partial charge < -0.3 is 19.7 Å². The Bertz CT molecular complexity index is 1430. The van der Waals surface area contributed by atoms with Crippen LogP contribution < -0.4 is 19.7 Å². The highest BCUT2D eigenvalue weighted by atomic mass is 16.5. The Balaban J connectivity index is 1.23. The molecule has 3 aromatic carbocycles. The van der Waals surface area contributed by atoms with Gasteiger partial charge in [0.1, 0.15) is 6.17 Å². The number of aryl methyl sites for hydroxylation is 1. The van der Waals surface area contributed by atoms with Gasteiger partial charge in [-0.25, -0.2) is 0 Å². The van der Waals surface area contributed by atoms with Gasteiger partial charge in [0.05, 0.1) is 31.5 Å². The normalized spacial score (nSPS) is 19.2. The van der Waals surface area contributed by atoms with Crippen LogP contribution in [0.15, 0.2) is 60.7 Å². The van der Waals surface area contributed by atoms with Crippen molar-refractivity contribution >= 4 is 23.4 Å². The molecule has 2 atom stereocenters. The molecule has 0 bridgehead atoms. The van der Waals surface area contributed by atoms with E-state index in [0.29, 0.717) is 28.3 Å². The maximum absolute atomic E-state index is 13.6. The molecule has 0 unspecified atom stereocenters. The molecule has 0 fully saturated rings. The molecule has 1 aliphatic carbocycles. The molecule has 0 saturated carbocycles. The first kappa shape index (κ1) is 23.1. The summed E-state index contributed by atoms with van der Waals surface area (Å²) in [5.41, 5.74) is 4.58. The fourth-order valence-electron chi connectivity index (χ4n) is 5.77. The van der Waals surface area contributed by atoms with Crippen LogP contribution in [0.5, 0.6) is 11.5 Å². The number of rotatable bonds is 6. The Morgan fingerprint density at radius 3 is 2.41 bits per heavy atom. The van der Waals surface area contributed by atoms with Crippen molar-refractivity contribution in [2.45, 2.75) is 31.5 Å². The summed E-state index contributed by atoms with van der Waals surface area (Å²) in [5, 5.41) is 3.13. The van der Waals surface area contributed by atoms with Crippen LogP contribution in [-0.4, -0.2) is 43.4 Å². The fraction of sp³-hybridized carbons (Fsp3) is 0.276. The number of ether oxygens (including phenoxy) is 2. The third-order valence-electron chi connectivity index (χ3n) is 7.52. The van der Waals surface area contributed by atoms with Crippen LogP contribution in [0.4, 0.5) is 5.69 Å². The van der Waals surface area contributed by atoms with Gasteiger partial charge >= 0.3 is 0 Å². The molecule has 3 aliphatic rings. The van der Waals surface area contributed by atoms with Gasteiger partial charge in [-0.3, -0.25) is 19.3 Å². The molecule has 3 amide bonds. The molecule has 37 heavy (non-hydrogen) atoms. The molecule has 8 nitrogen and oxygen atoms in total. The summed E-state index contributed by atoms with van der Waals surface area (Å²) in [6, 6.07) is 18.3. The van der Waals surface area contributed by atoms with Gasteiger partial charge in [-0.05, 0) is 54.3 Å². The summed E-state index contributed by atoms with van der Waals surface area (Å²) in [6.45, 7) is 0.188. The van der Waals surface area contributed by atoms with E-state index in [1.54, 1.807) is 48.3 Å². The number of fused-ring (bicyclic) bond motifs is 6. The minimum absolute atomic E-state index is 0.119. The molecular weight excluding hydrogens is 470 g/mol. The molecule has 2 aliphatic heterocycles. The smallest absolute Gasteiger partial charge is 0.260 e. The first-order valence-electron chi connectivity index (χ1n) is 12.4. The molecule has 0 saturated heterocycles. The lowest BCUT2D eigenvalue weighted by Gasteiger charge is -2.40. The summed E-state index contributed by atoms with van der Waals surface area (Å²) in [6.07, 6.45) is 1.17. The van der Waals surface area contributed by atoms with E-state index in [9.17, 15) is 14.4 Å². The van der Waals surface area contributed by atoms with Gasteiger partial charge in [-0.2, -0.15) is 0 Å². The standard InChI is InChI=1S/C29H27N3O5/c1-36-24-15-17-11-12-22(21(17)16-25(24)37-2)30-26(33)13-14-31-27-18-7-3-4-8-19(18)29(35)32(27)23-10-6-5-9-20(23)28(31)34/h3-10,15-16,22,27H,11-14H2,1-2H3,(H,30,33)/t22-,27-/m1/s1. The topological polar surface area (TPSA) is 88.2 Å². The van der Waals surface area contributed by atoms with E-state index in [-0.39, 0.29) is 36.7 Å². The Labute approximate surface area is 214 Å². The molecule has 8 heteroatoms. The third-order valence-corrected chi connectivity index (χ3v) is 7.52. The van der Waals surface area contributed by atoms with Crippen molar-refractivity contribution in [1.82, 2.24) is 10.2 Å². The predicted molar refractivity (Wildman–Crippen MR) is 137 cm³/mol. The van der Waals surface area contributed by atoms with Gasteiger partial charge in [0.15, 0.2) is 11.5 Å². The Morgan fingerprint density at radius 2 is 1.62 bits per heavy atom. The zero-order valence-corrected chi connectivity index (χ0v) is 20.7. The highest BCUT2D eigenvalue weighted by Gasteiger charge is 2.47. The molecule has 6 rings (SSSR count). The number of carbonyl (C=O) groups excluding carboxylic acids is 3. The zero-order valence-electron chi connectivity index (χ0n) is 20.7. The molecular formula is C29H27N3O5. The van der Waals surface area contributed by atoms with Gasteiger partial charge in [0, 0.05) is 24.1 Å². The van der Waals surface area contributed by atoms with Gasteiger partial charge in [-0.1, -0.05) is 30.3 Å². The predicted octanol–water partition coefficient (Wildman–Crippen LogP) is 4.01. The number of amides is 3. The van der Waals surface area contributed by atoms with Crippen molar-refractivity contribution in [3.05, 3.63) is 88.5 Å². The van der Waals surface area contributed by atoms with E-state index in [4.69, 9.17) is 9.47 Å². The Morgan fingerprint density at radius 1 is 0.919 bits per heavy atom. The van der Waals surface area contributed by atoms with Crippen LogP contribution in [0.25, 0.3) is 0 Å². The number of methoxy groups -OCH3 is 2. The van der Waals surface area contributed by atoms with E-state index in [1.807, 2.05) is 36.4 Å². The number of hydrogen-bond acceptors (Lipinski definition) is 5. The Hall–Kier alpha value is -4.33. The minimum Gasteiger partial charge on any atom is -0.493 e. The van der Waals surface area contributed by atoms with E-state index < -0.39 is 6.17 Å². The molecule has 3 aromatic rings. The summed E-state index contributed by atoms with van der Waals surface area (Å²) in [7, 11) is 3.20. The highest BCUT2D eigenvalue weighted by Crippen LogP contribution is 2.45. The van der Waals surface area contributed by atoms with E-state index in [1.165, 1.54) is 0 Å². The van der Waals surface area contributed by atoms with E-state index in [0.717, 1.165) is 29.5 Å². The summed E-state index contributed by atoms with van der Waals surface area (Å²) in [4.78, 5) is 43.3. The summed E-state index contributed by atoms with van der Waals surface area (Å²) >= 11 is 0. The summed E-state index contributed by atoms with van der Waals surface area (Å²) < 4.78 is 10.9. The molecule has 0 radical (unpaired) electrons. The second kappa shape index (κ2) is 8.96. The van der Waals surface area contributed by atoms with Crippen LogP contribution in [0.3, 0.4) is 0 Å². The van der Waals surface area contributed by atoms with Crippen LogP contribution >= 0.6 is 0 Å². The minimum atomic E-state index is -0.567. The maximum Gasteiger partial charge on any atom is 0.260 e. The highest BCUT2D eigenvalue weighted by molar-refractivity contribution is 6.16. The average Bonchev–Trinajstić information content (AvgIpc) is 3.45. The first-order chi connectivity index (χ1) is 18.0. The Kier molecular flexibility index (Phi) is 5.59. The molecule has 0 spiro atoms. The van der Waals surface area contributed by atoms with Crippen LogP contribution in [0.1, 0.15) is 62.5 Å². The van der Waals surface area contributed by atoms with E-state index >= 15 is 0 Å². The van der Waals surface area contributed by atoms with Crippen molar-refractivity contribution in [1.29, 1.82) is 0 Å². The average molecular weight is 498 g/mol. The number of anilines is 1. The molecule has 1 N–H and O–H groups in total. The van der Waals surface area contributed by atoms with Crippen LogP contribution in [-0.2, 0) is 11.2 Å². The molecule has 2 heterocycles. The lowest BCUT2D eigenvalue weighted by atomic mass is 10.0. The number of hydrogen-bond donors (Lipinski definition) is 1. The quantitative estimate of drug-likeness (QED) is 0.556. The second-order valence-corrected chi connectivity index (χ2v) is 9.47. The number of nitrogens with one attached hydrogen (secondary N) is 1. The van der Waals surface area contributed by atoms with Crippen molar-refractivity contribution in [2.75, 3.05) is 25.7 Å². The summed E-state index contributed by atoms with van der Waals surface area (Å²) in [5.74, 6) is 0.834. The number of carbonyl (C=O) groups is 3. The van der Waals surface area contributed by atoms with Crippen molar-refractivity contribution in [3.8, 4) is 11.5 Å². The SMILES string of the molecule is COc1cc2c(cc1OC)[C@H](NC(=O)CCN1C(=O)c3ccccc3N3C(=O)c4ccccc4[C@H]13)CC2. The largest absolute Gasteiger partial charge is 0.493 e. The second-order valence-electron chi connectivity index (χ2n) is 9.47. The molecule has 0 aromatic heterocycles. The van der Waals surface area contributed by atoms with E-state index in [2.05, 4.69) is 5.32 Å². The lowest BCUT2D eigenvalue weighted by molar-refractivity contribution is -0.122. The van der Waals surface area contributed by atoms with Crippen molar-refractivity contribution < 1.29 is 23.9 Å². The third kappa shape index (κ3) is 3.63. The number of benzene rings is 3. The lowest BCUT2D eigenvalue weighted by Crippen LogP contribution is -2.49. The van der Waals surface area contributed by atoms with Crippen LogP contribution in [0.2, 0.25) is 0 Å². The monoisotopic (exact) mass is 497 g/mol. The fourth-order valence-corrected chi connectivity index (χ4v) is 5.77. The van der Waals surface area contributed by atoms with Gasteiger partial charge in [-0.15, -0.1) is 0 Å². The first-order valence-corrected chi connectivity index (χ1v) is 12.4. The number of para-hydroxylation sites is 1. The maximum atomic E-state index is 13.6. The van der Waals surface area contributed by atoms with Crippen molar-refractivity contribution in [2.24, 2.45) is 0 Å².